The predicted molar refractivity (Wildman–Crippen MR) is 52.5 cm³/mol. The van der Waals surface area contributed by atoms with Crippen LogP contribution in [0.5, 0.6) is 0 Å². The number of nitrogens with zero attached hydrogens (tertiary/aromatic N) is 1. The Morgan fingerprint density at radius 1 is 1.47 bits per heavy atom. The Balaban J connectivity index is 2.70. The number of hydrogen-bond acceptors (Lipinski definition) is 2. The zero-order valence-electron chi connectivity index (χ0n) is 8.01. The van der Waals surface area contributed by atoms with Crippen LogP contribution in [-0.2, 0) is 6.18 Å². The lowest BCUT2D eigenvalue weighted by Gasteiger charge is -2.08. The van der Waals surface area contributed by atoms with Gasteiger partial charge in [0.2, 0.25) is 0 Å². The molecule has 0 fully saturated rings. The predicted octanol–water partition coefficient (Wildman–Crippen LogP) is 3.09. The zero-order valence-corrected chi connectivity index (χ0v) is 8.01. The van der Waals surface area contributed by atoms with Crippen molar-refractivity contribution in [1.29, 1.82) is 0 Å². The highest BCUT2D eigenvalue weighted by atomic mass is 19.4. The molecule has 0 atom stereocenters. The number of hydrogen-bond donors (Lipinski definition) is 1. The highest BCUT2D eigenvalue weighted by molar-refractivity contribution is 5.38. The molecule has 1 rings (SSSR count). The van der Waals surface area contributed by atoms with E-state index >= 15 is 0 Å². The number of halogens is 3. The summed E-state index contributed by atoms with van der Waals surface area (Å²) in [5.41, 5.74) is -0.696. The number of alkyl halides is 3. The maximum Gasteiger partial charge on any atom is 0.416 e. The molecule has 0 aliphatic carbocycles. The van der Waals surface area contributed by atoms with Crippen molar-refractivity contribution in [3.63, 3.8) is 0 Å². The Morgan fingerprint density at radius 2 is 2.20 bits per heavy atom. The van der Waals surface area contributed by atoms with Crippen LogP contribution in [0.1, 0.15) is 12.0 Å². The number of nitrogens with one attached hydrogen (secondary N) is 1. The minimum atomic E-state index is -4.32. The van der Waals surface area contributed by atoms with Crippen LogP contribution in [-0.4, -0.2) is 11.5 Å². The van der Waals surface area contributed by atoms with E-state index in [0.717, 1.165) is 18.3 Å². The van der Waals surface area contributed by atoms with Crippen LogP contribution in [0.4, 0.5) is 19.0 Å². The van der Waals surface area contributed by atoms with Gasteiger partial charge in [-0.05, 0) is 18.6 Å². The Hall–Kier alpha value is -1.52. The van der Waals surface area contributed by atoms with E-state index < -0.39 is 11.7 Å². The van der Waals surface area contributed by atoms with Crippen LogP contribution in [0.25, 0.3) is 0 Å². The molecule has 0 saturated carbocycles. The van der Waals surface area contributed by atoms with E-state index in [-0.39, 0.29) is 5.82 Å². The Labute approximate surface area is 85.8 Å². The molecule has 0 spiro atoms. The average Bonchev–Trinajstić information content (AvgIpc) is 2.17. The molecule has 82 valence electrons. The fourth-order valence-electron chi connectivity index (χ4n) is 1.01. The molecule has 2 nitrogen and oxygen atoms in total. The lowest BCUT2D eigenvalue weighted by molar-refractivity contribution is -0.137. The molecule has 1 heterocycles. The second-order valence-electron chi connectivity index (χ2n) is 2.93. The van der Waals surface area contributed by atoms with Crippen LogP contribution in [0.2, 0.25) is 0 Å². The largest absolute Gasteiger partial charge is 0.416 e. The van der Waals surface area contributed by atoms with Gasteiger partial charge in [0.1, 0.15) is 5.82 Å². The van der Waals surface area contributed by atoms with Crippen molar-refractivity contribution in [2.75, 3.05) is 11.9 Å². The molecule has 0 amide bonds. The maximum atomic E-state index is 12.3. The summed E-state index contributed by atoms with van der Waals surface area (Å²) in [6, 6.07) is 1.93. The van der Waals surface area contributed by atoms with Crippen molar-refractivity contribution >= 4 is 5.82 Å². The third-order valence-corrected chi connectivity index (χ3v) is 1.74. The number of pyridine rings is 1. The fraction of sp³-hybridized carbons (Fsp3) is 0.300. The van der Waals surface area contributed by atoms with E-state index in [4.69, 9.17) is 0 Å². The topological polar surface area (TPSA) is 24.9 Å². The van der Waals surface area contributed by atoms with Gasteiger partial charge in [-0.1, -0.05) is 6.08 Å². The third-order valence-electron chi connectivity index (χ3n) is 1.74. The van der Waals surface area contributed by atoms with Gasteiger partial charge in [-0.15, -0.1) is 6.58 Å². The summed E-state index contributed by atoms with van der Waals surface area (Å²) in [7, 11) is 0. The monoisotopic (exact) mass is 216 g/mol. The quantitative estimate of drug-likeness (QED) is 0.618. The lowest BCUT2D eigenvalue weighted by Crippen LogP contribution is -2.08. The summed E-state index contributed by atoms with van der Waals surface area (Å²) < 4.78 is 36.9. The van der Waals surface area contributed by atoms with Gasteiger partial charge in [-0.25, -0.2) is 4.98 Å². The molecule has 5 heteroatoms. The summed E-state index contributed by atoms with van der Waals surface area (Å²) >= 11 is 0. The van der Waals surface area contributed by atoms with E-state index in [2.05, 4.69) is 16.9 Å². The van der Waals surface area contributed by atoms with Gasteiger partial charge < -0.3 is 5.32 Å². The van der Waals surface area contributed by atoms with Crippen molar-refractivity contribution in [3.8, 4) is 0 Å². The first-order valence-electron chi connectivity index (χ1n) is 4.42. The van der Waals surface area contributed by atoms with E-state index in [1.165, 1.54) is 0 Å². The number of rotatable bonds is 4. The molecule has 15 heavy (non-hydrogen) atoms. The van der Waals surface area contributed by atoms with Gasteiger partial charge >= 0.3 is 6.18 Å². The molecule has 0 aliphatic rings. The standard InChI is InChI=1S/C10H11F3N2/c1-2-3-5-14-9-7-8(4-6-15-9)10(11,12)13/h2,4,6-7H,1,3,5H2,(H,14,15). The van der Waals surface area contributed by atoms with Crippen molar-refractivity contribution in [3.05, 3.63) is 36.5 Å². The SMILES string of the molecule is C=CCCNc1cc(C(F)(F)F)ccn1. The van der Waals surface area contributed by atoms with Crippen LogP contribution in [0.3, 0.4) is 0 Å². The third kappa shape index (κ3) is 3.61. The highest BCUT2D eigenvalue weighted by Gasteiger charge is 2.30. The fourth-order valence-corrected chi connectivity index (χ4v) is 1.01. The van der Waals surface area contributed by atoms with Crippen molar-refractivity contribution < 1.29 is 13.2 Å². The van der Waals surface area contributed by atoms with Crippen molar-refractivity contribution in [2.24, 2.45) is 0 Å². The van der Waals surface area contributed by atoms with Crippen LogP contribution >= 0.6 is 0 Å². The van der Waals surface area contributed by atoms with Gasteiger partial charge in [-0.2, -0.15) is 13.2 Å². The first kappa shape index (κ1) is 11.6. The molecule has 0 aromatic carbocycles. The molecule has 0 radical (unpaired) electrons. The number of anilines is 1. The average molecular weight is 216 g/mol. The van der Waals surface area contributed by atoms with Crippen LogP contribution in [0, 0.1) is 0 Å². The van der Waals surface area contributed by atoms with E-state index in [1.54, 1.807) is 6.08 Å². The molecule has 1 aromatic rings. The minimum Gasteiger partial charge on any atom is -0.370 e. The Kier molecular flexibility index (Phi) is 3.71. The van der Waals surface area contributed by atoms with E-state index in [0.29, 0.717) is 13.0 Å². The van der Waals surface area contributed by atoms with Gasteiger partial charge in [0, 0.05) is 12.7 Å². The summed E-state index contributed by atoms with van der Waals surface area (Å²) in [5, 5.41) is 2.78. The highest BCUT2D eigenvalue weighted by Crippen LogP contribution is 2.29. The van der Waals surface area contributed by atoms with Crippen molar-refractivity contribution in [2.45, 2.75) is 12.6 Å². The van der Waals surface area contributed by atoms with Gasteiger partial charge in [0.15, 0.2) is 0 Å². The summed E-state index contributed by atoms with van der Waals surface area (Å²) in [5.74, 6) is 0.228. The van der Waals surface area contributed by atoms with Gasteiger partial charge in [-0.3, -0.25) is 0 Å². The molecule has 0 aliphatic heterocycles. The molecule has 0 saturated heterocycles. The van der Waals surface area contributed by atoms with E-state index in [1.807, 2.05) is 0 Å². The van der Waals surface area contributed by atoms with E-state index in [9.17, 15) is 13.2 Å². The second kappa shape index (κ2) is 4.82. The van der Waals surface area contributed by atoms with Crippen LogP contribution < -0.4 is 5.32 Å². The van der Waals surface area contributed by atoms with Gasteiger partial charge in [0.25, 0.3) is 0 Å². The zero-order chi connectivity index (χ0) is 11.3. The maximum absolute atomic E-state index is 12.3. The molecular formula is C10H11F3N2. The second-order valence-corrected chi connectivity index (χ2v) is 2.93. The normalized spacial score (nSPS) is 11.1. The van der Waals surface area contributed by atoms with Gasteiger partial charge in [0.05, 0.1) is 5.56 Å². The molecular weight excluding hydrogens is 205 g/mol. The van der Waals surface area contributed by atoms with Crippen LogP contribution in [0.15, 0.2) is 31.0 Å². The lowest BCUT2D eigenvalue weighted by atomic mass is 10.2. The summed E-state index contributed by atoms with van der Waals surface area (Å²) in [4.78, 5) is 3.78. The number of aromatic nitrogens is 1. The smallest absolute Gasteiger partial charge is 0.370 e. The first-order valence-corrected chi connectivity index (χ1v) is 4.42. The molecule has 0 bridgehead atoms. The molecule has 1 N–H and O–H groups in total. The summed E-state index contributed by atoms with van der Waals surface area (Å²) in [6.07, 6.45) is -0.824. The first-order chi connectivity index (χ1) is 7.04. The Bertz CT molecular complexity index is 334. The molecule has 0 unspecified atom stereocenters. The summed E-state index contributed by atoms with van der Waals surface area (Å²) in [6.45, 7) is 4.03. The Morgan fingerprint density at radius 3 is 2.80 bits per heavy atom. The van der Waals surface area contributed by atoms with Crippen molar-refractivity contribution in [1.82, 2.24) is 4.98 Å². The minimum absolute atomic E-state index is 0.228. The molecule has 1 aromatic heterocycles.